The Morgan fingerprint density at radius 3 is 2.50 bits per heavy atom. The van der Waals surface area contributed by atoms with E-state index in [-0.39, 0.29) is 11.8 Å². The fourth-order valence-electron chi connectivity index (χ4n) is 4.80. The number of ether oxygens (including phenoxy) is 1. The van der Waals surface area contributed by atoms with Crippen molar-refractivity contribution in [2.24, 2.45) is 0 Å². The zero-order chi connectivity index (χ0) is 21.0. The molecule has 5 nitrogen and oxygen atoms in total. The molecular weight excluding hydrogens is 434 g/mol. The van der Waals surface area contributed by atoms with Gasteiger partial charge in [0.15, 0.2) is 5.60 Å². The standard InChI is InChI=1S/C21H19ClF2N2O3S/c22-15-3-8-30-18(15)19(27)25-6-4-21(5-7-25)20(28)26-16(1-2-17(26)29-21)12-9-13(23)11-14(24)10-12/h3,8-11,16-17H,1-2,4-7H2/t16-,17+/m0/s1. The van der Waals surface area contributed by atoms with Gasteiger partial charge in [0.2, 0.25) is 0 Å². The summed E-state index contributed by atoms with van der Waals surface area (Å²) in [6.07, 6.45) is 1.58. The number of hydrogen-bond donors (Lipinski definition) is 0. The quantitative estimate of drug-likeness (QED) is 0.679. The number of nitrogens with zero attached hydrogens (tertiary/aromatic N) is 2. The maximum absolute atomic E-state index is 13.7. The molecule has 3 saturated heterocycles. The number of hydrogen-bond acceptors (Lipinski definition) is 4. The lowest BCUT2D eigenvalue weighted by molar-refractivity contribution is -0.142. The third-order valence-corrected chi connectivity index (χ3v) is 7.59. The van der Waals surface area contributed by atoms with Gasteiger partial charge in [-0.25, -0.2) is 8.78 Å². The van der Waals surface area contributed by atoms with Crippen LogP contribution in [0.3, 0.4) is 0 Å². The minimum absolute atomic E-state index is 0.135. The molecule has 0 bridgehead atoms. The van der Waals surface area contributed by atoms with Crippen LogP contribution in [0.5, 0.6) is 0 Å². The van der Waals surface area contributed by atoms with Gasteiger partial charge < -0.3 is 14.5 Å². The number of amides is 2. The lowest BCUT2D eigenvalue weighted by Crippen LogP contribution is -2.51. The molecular formula is C21H19ClF2N2O3S. The van der Waals surface area contributed by atoms with Gasteiger partial charge in [-0.15, -0.1) is 11.3 Å². The zero-order valence-electron chi connectivity index (χ0n) is 15.9. The highest BCUT2D eigenvalue weighted by Gasteiger charge is 2.58. The van der Waals surface area contributed by atoms with Gasteiger partial charge in [-0.1, -0.05) is 11.6 Å². The molecule has 0 aliphatic carbocycles. The highest BCUT2D eigenvalue weighted by atomic mass is 35.5. The van der Waals surface area contributed by atoms with Gasteiger partial charge in [0.1, 0.15) is 22.7 Å². The van der Waals surface area contributed by atoms with E-state index in [1.165, 1.54) is 23.5 Å². The number of carbonyl (C=O) groups excluding carboxylic acids is 2. The van der Waals surface area contributed by atoms with Crippen molar-refractivity contribution in [1.29, 1.82) is 0 Å². The van der Waals surface area contributed by atoms with E-state index in [4.69, 9.17) is 16.3 Å². The summed E-state index contributed by atoms with van der Waals surface area (Å²) in [4.78, 5) is 29.9. The van der Waals surface area contributed by atoms with Gasteiger partial charge in [-0.2, -0.15) is 0 Å². The molecule has 0 saturated carbocycles. The summed E-state index contributed by atoms with van der Waals surface area (Å²) in [5.41, 5.74) is -0.533. The van der Waals surface area contributed by atoms with E-state index >= 15 is 0 Å². The van der Waals surface area contributed by atoms with Crippen LogP contribution in [0, 0.1) is 11.6 Å². The average molecular weight is 453 g/mol. The van der Waals surface area contributed by atoms with Crippen molar-refractivity contribution >= 4 is 34.8 Å². The lowest BCUT2D eigenvalue weighted by atomic mass is 9.89. The van der Waals surface area contributed by atoms with Crippen molar-refractivity contribution in [2.75, 3.05) is 13.1 Å². The Labute approximate surface area is 181 Å². The minimum atomic E-state index is -0.981. The van der Waals surface area contributed by atoms with E-state index in [9.17, 15) is 18.4 Å². The van der Waals surface area contributed by atoms with Crippen molar-refractivity contribution in [3.05, 3.63) is 56.7 Å². The van der Waals surface area contributed by atoms with Crippen LogP contribution in [0.2, 0.25) is 5.02 Å². The summed E-state index contributed by atoms with van der Waals surface area (Å²) in [5.74, 6) is -1.60. The molecule has 3 aliphatic heterocycles. The maximum atomic E-state index is 13.7. The molecule has 5 rings (SSSR count). The predicted molar refractivity (Wildman–Crippen MR) is 107 cm³/mol. The second-order valence-corrected chi connectivity index (χ2v) is 9.29. The summed E-state index contributed by atoms with van der Waals surface area (Å²) >= 11 is 7.38. The number of benzene rings is 1. The Balaban J connectivity index is 1.33. The molecule has 1 spiro atoms. The molecule has 2 amide bonds. The summed E-state index contributed by atoms with van der Waals surface area (Å²) in [6, 6.07) is 4.67. The van der Waals surface area contributed by atoms with Gasteiger partial charge in [-0.3, -0.25) is 9.59 Å². The zero-order valence-corrected chi connectivity index (χ0v) is 17.5. The van der Waals surface area contributed by atoms with E-state index in [0.29, 0.717) is 54.2 Å². The SMILES string of the molecule is O=C(c1sccc1Cl)N1CCC2(CC1)O[C@@H]1CC[C@@H](c3cc(F)cc(F)c3)N1C2=O. The van der Waals surface area contributed by atoms with Gasteiger partial charge >= 0.3 is 0 Å². The third-order valence-electron chi connectivity index (χ3n) is 6.26. The van der Waals surface area contributed by atoms with Crippen LogP contribution in [-0.2, 0) is 9.53 Å². The van der Waals surface area contributed by atoms with Gasteiger partial charge in [-0.05, 0) is 42.0 Å². The van der Waals surface area contributed by atoms with E-state index in [1.54, 1.807) is 21.2 Å². The highest BCUT2D eigenvalue weighted by molar-refractivity contribution is 7.12. The number of carbonyl (C=O) groups is 2. The molecule has 0 N–H and O–H groups in total. The van der Waals surface area contributed by atoms with Gasteiger partial charge in [0, 0.05) is 32.0 Å². The number of likely N-dealkylation sites (tertiary alicyclic amines) is 1. The molecule has 3 fully saturated rings. The summed E-state index contributed by atoms with van der Waals surface area (Å²) < 4.78 is 33.6. The normalized spacial score (nSPS) is 25.2. The fourth-order valence-corrected chi connectivity index (χ4v) is 5.90. The number of piperidine rings is 1. The van der Waals surface area contributed by atoms with Crippen LogP contribution in [0.1, 0.15) is 47.0 Å². The van der Waals surface area contributed by atoms with Crippen LogP contribution < -0.4 is 0 Å². The molecule has 30 heavy (non-hydrogen) atoms. The first kappa shape index (κ1) is 19.9. The summed E-state index contributed by atoms with van der Waals surface area (Å²) in [6.45, 7) is 0.775. The molecule has 2 atom stereocenters. The molecule has 9 heteroatoms. The smallest absolute Gasteiger partial charge is 0.265 e. The van der Waals surface area contributed by atoms with Crippen molar-refractivity contribution < 1.29 is 23.1 Å². The number of thiophene rings is 1. The van der Waals surface area contributed by atoms with Crippen molar-refractivity contribution in [3.63, 3.8) is 0 Å². The van der Waals surface area contributed by atoms with E-state index in [1.807, 2.05) is 0 Å². The number of halogens is 3. The number of fused-ring (bicyclic) bond motifs is 1. The van der Waals surface area contributed by atoms with E-state index < -0.39 is 29.5 Å². The van der Waals surface area contributed by atoms with Crippen LogP contribution in [0.15, 0.2) is 29.6 Å². The minimum Gasteiger partial charge on any atom is -0.342 e. The second-order valence-electron chi connectivity index (χ2n) is 7.97. The van der Waals surface area contributed by atoms with Crippen molar-refractivity contribution in [1.82, 2.24) is 9.80 Å². The molecule has 1 aromatic heterocycles. The van der Waals surface area contributed by atoms with Crippen LogP contribution in [0.25, 0.3) is 0 Å². The Morgan fingerprint density at radius 1 is 1.17 bits per heavy atom. The molecule has 2 aromatic rings. The van der Waals surface area contributed by atoms with Crippen LogP contribution in [0.4, 0.5) is 8.78 Å². The molecule has 158 valence electrons. The monoisotopic (exact) mass is 452 g/mol. The summed E-state index contributed by atoms with van der Waals surface area (Å²) in [5, 5.41) is 2.21. The lowest BCUT2D eigenvalue weighted by Gasteiger charge is -2.37. The second kappa shape index (κ2) is 7.28. The molecule has 0 unspecified atom stereocenters. The topological polar surface area (TPSA) is 49.9 Å². The molecule has 3 aliphatic rings. The first-order valence-electron chi connectivity index (χ1n) is 9.87. The average Bonchev–Trinajstić information content (AvgIpc) is 3.38. The Bertz CT molecular complexity index is 1000. The highest BCUT2D eigenvalue weighted by Crippen LogP contribution is 2.48. The Hall–Kier alpha value is -2.03. The van der Waals surface area contributed by atoms with E-state index in [0.717, 1.165) is 6.07 Å². The van der Waals surface area contributed by atoms with Crippen LogP contribution in [-0.4, -0.2) is 46.5 Å². The van der Waals surface area contributed by atoms with Crippen LogP contribution >= 0.6 is 22.9 Å². The van der Waals surface area contributed by atoms with Gasteiger partial charge in [0.05, 0.1) is 11.1 Å². The Kier molecular flexibility index (Phi) is 4.83. The number of rotatable bonds is 2. The van der Waals surface area contributed by atoms with E-state index in [2.05, 4.69) is 0 Å². The molecule has 4 heterocycles. The van der Waals surface area contributed by atoms with Crippen molar-refractivity contribution in [2.45, 2.75) is 43.6 Å². The molecule has 0 radical (unpaired) electrons. The molecule has 1 aromatic carbocycles. The largest absolute Gasteiger partial charge is 0.342 e. The summed E-state index contributed by atoms with van der Waals surface area (Å²) in [7, 11) is 0. The third kappa shape index (κ3) is 3.13. The maximum Gasteiger partial charge on any atom is 0.265 e. The van der Waals surface area contributed by atoms with Crippen molar-refractivity contribution in [3.8, 4) is 0 Å². The predicted octanol–water partition coefficient (Wildman–Crippen LogP) is 4.37. The van der Waals surface area contributed by atoms with Gasteiger partial charge in [0.25, 0.3) is 11.8 Å². The Morgan fingerprint density at radius 2 is 1.87 bits per heavy atom. The first-order valence-corrected chi connectivity index (χ1v) is 11.1. The fraction of sp³-hybridized carbons (Fsp3) is 0.429. The first-order chi connectivity index (χ1) is 14.4.